The topological polar surface area (TPSA) is 40.7 Å². The molecule has 0 spiro atoms. The lowest BCUT2D eigenvalue weighted by Crippen LogP contribution is -2.29. The molecule has 3 heteroatoms. The highest BCUT2D eigenvalue weighted by Crippen LogP contribution is 2.17. The second kappa shape index (κ2) is 7.49. The molecule has 0 radical (unpaired) electrons. The van der Waals surface area contributed by atoms with Crippen LogP contribution in [0.1, 0.15) is 57.1 Å². The van der Waals surface area contributed by atoms with Gasteiger partial charge in [0.05, 0.1) is 6.33 Å². The molecule has 0 aromatic carbocycles. The van der Waals surface area contributed by atoms with Crippen LogP contribution < -0.4 is 5.32 Å². The van der Waals surface area contributed by atoms with Crippen LogP contribution in [-0.2, 0) is 6.42 Å². The smallest absolute Gasteiger partial charge is 0.0921 e. The molecule has 3 nitrogen and oxygen atoms in total. The van der Waals surface area contributed by atoms with Crippen LogP contribution in [0.25, 0.3) is 0 Å². The highest BCUT2D eigenvalue weighted by molar-refractivity contribution is 4.93. The summed E-state index contributed by atoms with van der Waals surface area (Å²) in [4.78, 5) is 7.19. The fraction of sp³-hybridized carbons (Fsp3) is 0.786. The number of aryl methyl sites for hydroxylation is 1. The number of nitrogens with zero attached hydrogens (tertiary/aromatic N) is 1. The molecule has 1 fully saturated rings. The van der Waals surface area contributed by atoms with Gasteiger partial charge >= 0.3 is 0 Å². The van der Waals surface area contributed by atoms with Crippen LogP contribution in [0.3, 0.4) is 0 Å². The van der Waals surface area contributed by atoms with Crippen LogP contribution in [0, 0.1) is 0 Å². The lowest BCUT2D eigenvalue weighted by Gasteiger charge is -2.15. The third kappa shape index (κ3) is 4.90. The van der Waals surface area contributed by atoms with E-state index in [-0.39, 0.29) is 0 Å². The molecule has 2 N–H and O–H groups in total. The number of aromatic amines is 1. The van der Waals surface area contributed by atoms with Crippen molar-refractivity contribution in [3.8, 4) is 0 Å². The molecule has 1 aliphatic carbocycles. The molecular formula is C14H25N3. The molecule has 96 valence electrons. The summed E-state index contributed by atoms with van der Waals surface area (Å²) in [5, 5.41) is 3.72. The highest BCUT2D eigenvalue weighted by Gasteiger charge is 2.10. The van der Waals surface area contributed by atoms with Crippen molar-refractivity contribution in [2.45, 2.75) is 63.8 Å². The average molecular weight is 235 g/mol. The predicted molar refractivity (Wildman–Crippen MR) is 71.0 cm³/mol. The first kappa shape index (κ1) is 12.6. The van der Waals surface area contributed by atoms with Crippen molar-refractivity contribution in [1.82, 2.24) is 15.3 Å². The SMILES string of the molecule is c1ncc(CCCCNC2CCCCCC2)[nH]1. The Hall–Kier alpha value is -0.830. The van der Waals surface area contributed by atoms with Gasteiger partial charge in [-0.05, 0) is 38.6 Å². The van der Waals surface area contributed by atoms with Gasteiger partial charge in [0.1, 0.15) is 0 Å². The van der Waals surface area contributed by atoms with Gasteiger partial charge in [-0.15, -0.1) is 0 Å². The largest absolute Gasteiger partial charge is 0.348 e. The summed E-state index contributed by atoms with van der Waals surface area (Å²) in [6, 6.07) is 0.796. The molecule has 1 aromatic heterocycles. The Morgan fingerprint density at radius 1 is 1.18 bits per heavy atom. The number of hydrogen-bond acceptors (Lipinski definition) is 2. The number of aromatic nitrogens is 2. The first-order valence-electron chi connectivity index (χ1n) is 7.16. The summed E-state index contributed by atoms with van der Waals surface area (Å²) in [5.74, 6) is 0. The minimum atomic E-state index is 0.796. The standard InChI is InChI=1S/C14H25N3/c1-2-4-8-13(7-3-1)16-10-6-5-9-14-11-15-12-17-14/h11-13,16H,1-10H2,(H,15,17). The average Bonchev–Trinajstić information content (AvgIpc) is 2.72. The van der Waals surface area contributed by atoms with E-state index < -0.39 is 0 Å². The van der Waals surface area contributed by atoms with Gasteiger partial charge < -0.3 is 10.3 Å². The zero-order valence-corrected chi connectivity index (χ0v) is 10.8. The van der Waals surface area contributed by atoms with Crippen LogP contribution in [0.4, 0.5) is 0 Å². The second-order valence-electron chi connectivity index (χ2n) is 5.18. The fourth-order valence-electron chi connectivity index (χ4n) is 2.65. The van der Waals surface area contributed by atoms with Gasteiger partial charge in [0.2, 0.25) is 0 Å². The van der Waals surface area contributed by atoms with Crippen molar-refractivity contribution in [3.05, 3.63) is 18.2 Å². The van der Waals surface area contributed by atoms with Crippen molar-refractivity contribution in [1.29, 1.82) is 0 Å². The molecule has 0 unspecified atom stereocenters. The van der Waals surface area contributed by atoms with Crippen molar-refractivity contribution in [2.75, 3.05) is 6.54 Å². The Balaban J connectivity index is 1.50. The molecular weight excluding hydrogens is 210 g/mol. The van der Waals surface area contributed by atoms with E-state index in [1.54, 1.807) is 6.33 Å². The molecule has 1 saturated carbocycles. The normalized spacial score (nSPS) is 18.1. The Kier molecular flexibility index (Phi) is 5.56. The number of unbranched alkanes of at least 4 members (excludes halogenated alkanes) is 1. The maximum Gasteiger partial charge on any atom is 0.0921 e. The lowest BCUT2D eigenvalue weighted by atomic mass is 10.1. The lowest BCUT2D eigenvalue weighted by molar-refractivity contribution is 0.451. The monoisotopic (exact) mass is 235 g/mol. The Morgan fingerprint density at radius 2 is 2.00 bits per heavy atom. The number of rotatable bonds is 6. The van der Waals surface area contributed by atoms with Gasteiger partial charge in [-0.1, -0.05) is 25.7 Å². The molecule has 17 heavy (non-hydrogen) atoms. The maximum absolute atomic E-state index is 4.03. The van der Waals surface area contributed by atoms with Gasteiger partial charge in [-0.25, -0.2) is 4.98 Å². The van der Waals surface area contributed by atoms with Gasteiger partial charge in [-0.2, -0.15) is 0 Å². The van der Waals surface area contributed by atoms with E-state index in [1.165, 1.54) is 63.6 Å². The zero-order valence-electron chi connectivity index (χ0n) is 10.8. The molecule has 1 aromatic rings. The molecule has 0 amide bonds. The first-order chi connectivity index (χ1) is 8.45. The minimum Gasteiger partial charge on any atom is -0.348 e. The van der Waals surface area contributed by atoms with E-state index >= 15 is 0 Å². The van der Waals surface area contributed by atoms with E-state index in [1.807, 2.05) is 6.20 Å². The van der Waals surface area contributed by atoms with Crippen LogP contribution >= 0.6 is 0 Å². The molecule has 0 aliphatic heterocycles. The van der Waals surface area contributed by atoms with Gasteiger partial charge in [0, 0.05) is 17.9 Å². The maximum atomic E-state index is 4.03. The zero-order chi connectivity index (χ0) is 11.8. The quantitative estimate of drug-likeness (QED) is 0.588. The van der Waals surface area contributed by atoms with Crippen LogP contribution in [0.2, 0.25) is 0 Å². The van der Waals surface area contributed by atoms with E-state index in [0.717, 1.165) is 12.5 Å². The third-order valence-corrected chi connectivity index (χ3v) is 3.72. The number of imidazole rings is 1. The van der Waals surface area contributed by atoms with Crippen molar-refractivity contribution in [3.63, 3.8) is 0 Å². The summed E-state index contributed by atoms with van der Waals surface area (Å²) >= 11 is 0. The predicted octanol–water partition coefficient (Wildman–Crippen LogP) is 3.04. The van der Waals surface area contributed by atoms with Gasteiger partial charge in [-0.3, -0.25) is 0 Å². The number of nitrogens with one attached hydrogen (secondary N) is 2. The van der Waals surface area contributed by atoms with Gasteiger partial charge in [0.15, 0.2) is 0 Å². The molecule has 0 bridgehead atoms. The summed E-state index contributed by atoms with van der Waals surface area (Å²) in [5.41, 5.74) is 1.26. The van der Waals surface area contributed by atoms with E-state index in [2.05, 4.69) is 15.3 Å². The van der Waals surface area contributed by atoms with Crippen molar-refractivity contribution < 1.29 is 0 Å². The van der Waals surface area contributed by atoms with Crippen LogP contribution in [0.15, 0.2) is 12.5 Å². The molecule has 2 rings (SSSR count). The Labute approximate surface area is 104 Å². The van der Waals surface area contributed by atoms with E-state index in [9.17, 15) is 0 Å². The molecule has 0 saturated heterocycles. The van der Waals surface area contributed by atoms with E-state index in [0.29, 0.717) is 0 Å². The number of H-pyrrole nitrogens is 1. The summed E-state index contributed by atoms with van der Waals surface area (Å²) in [6.45, 7) is 1.18. The van der Waals surface area contributed by atoms with Crippen molar-refractivity contribution >= 4 is 0 Å². The Morgan fingerprint density at radius 3 is 2.71 bits per heavy atom. The summed E-state index contributed by atoms with van der Waals surface area (Å²) in [6.07, 6.45) is 15.9. The second-order valence-corrected chi connectivity index (χ2v) is 5.18. The summed E-state index contributed by atoms with van der Waals surface area (Å²) in [7, 11) is 0. The number of hydrogen-bond donors (Lipinski definition) is 2. The first-order valence-corrected chi connectivity index (χ1v) is 7.16. The van der Waals surface area contributed by atoms with Crippen molar-refractivity contribution in [2.24, 2.45) is 0 Å². The Bertz CT molecular complexity index is 274. The van der Waals surface area contributed by atoms with E-state index in [4.69, 9.17) is 0 Å². The van der Waals surface area contributed by atoms with Crippen LogP contribution in [0.5, 0.6) is 0 Å². The minimum absolute atomic E-state index is 0.796. The molecule has 1 aliphatic rings. The molecule has 0 atom stereocenters. The fourth-order valence-corrected chi connectivity index (χ4v) is 2.65. The third-order valence-electron chi connectivity index (χ3n) is 3.72. The van der Waals surface area contributed by atoms with Crippen LogP contribution in [-0.4, -0.2) is 22.6 Å². The van der Waals surface area contributed by atoms with Gasteiger partial charge in [0.25, 0.3) is 0 Å². The highest BCUT2D eigenvalue weighted by atomic mass is 14.9. The molecule has 1 heterocycles. The summed E-state index contributed by atoms with van der Waals surface area (Å²) < 4.78 is 0.